The van der Waals surface area contributed by atoms with Gasteiger partial charge in [-0.3, -0.25) is 0 Å². The lowest BCUT2D eigenvalue weighted by atomic mass is 10.2. The zero-order chi connectivity index (χ0) is 17.7. The maximum absolute atomic E-state index is 12.3. The van der Waals surface area contributed by atoms with Gasteiger partial charge in [-0.05, 0) is 31.5 Å². The molecule has 2 rings (SSSR count). The number of amides is 2. The van der Waals surface area contributed by atoms with Crippen LogP contribution in [0.25, 0.3) is 0 Å². The van der Waals surface area contributed by atoms with Crippen LogP contribution in [-0.4, -0.2) is 43.1 Å². The van der Waals surface area contributed by atoms with Gasteiger partial charge < -0.3 is 19.7 Å². The summed E-state index contributed by atoms with van der Waals surface area (Å²) in [5, 5.41) is 11.5. The average molecular weight is 343 g/mol. The Kier molecular flexibility index (Phi) is 5.51. The number of hydrogen-bond donors (Lipinski definition) is 1. The maximum Gasteiger partial charge on any atom is 0.573 e. The van der Waals surface area contributed by atoms with Crippen molar-refractivity contribution in [2.75, 3.05) is 25.0 Å². The van der Waals surface area contributed by atoms with E-state index in [2.05, 4.69) is 10.1 Å². The minimum absolute atomic E-state index is 0.101. The fourth-order valence-electron chi connectivity index (χ4n) is 2.29. The molecule has 1 heterocycles. The molecule has 130 valence electrons. The summed E-state index contributed by atoms with van der Waals surface area (Å²) in [6.45, 7) is 3.33. The van der Waals surface area contributed by atoms with Gasteiger partial charge >= 0.3 is 12.4 Å². The number of hydrogen-bond acceptors (Lipinski definition) is 4. The van der Waals surface area contributed by atoms with Gasteiger partial charge in [0.15, 0.2) is 0 Å². The highest BCUT2D eigenvalue weighted by molar-refractivity contribution is 5.89. The van der Waals surface area contributed by atoms with E-state index in [1.54, 1.807) is 11.0 Å². The Morgan fingerprint density at radius 3 is 2.92 bits per heavy atom. The first-order valence-electron chi connectivity index (χ1n) is 7.26. The fourth-order valence-corrected chi connectivity index (χ4v) is 2.29. The second kappa shape index (κ2) is 7.40. The summed E-state index contributed by atoms with van der Waals surface area (Å²) in [6, 6.07) is 4.60. The highest BCUT2D eigenvalue weighted by Crippen LogP contribution is 2.28. The Morgan fingerprint density at radius 1 is 1.50 bits per heavy atom. The number of nitriles is 1. The molecule has 0 bridgehead atoms. The molecule has 1 saturated heterocycles. The van der Waals surface area contributed by atoms with E-state index in [9.17, 15) is 18.0 Å². The molecule has 0 aromatic heterocycles. The lowest BCUT2D eigenvalue weighted by Crippen LogP contribution is -2.38. The number of benzene rings is 1. The zero-order valence-corrected chi connectivity index (χ0v) is 12.9. The predicted octanol–water partition coefficient (Wildman–Crippen LogP) is 3.10. The van der Waals surface area contributed by atoms with Crippen LogP contribution in [0.1, 0.15) is 18.9 Å². The first-order valence-corrected chi connectivity index (χ1v) is 7.26. The Morgan fingerprint density at radius 2 is 2.25 bits per heavy atom. The molecule has 6 nitrogen and oxygen atoms in total. The van der Waals surface area contributed by atoms with E-state index in [-0.39, 0.29) is 17.4 Å². The summed E-state index contributed by atoms with van der Waals surface area (Å²) in [4.78, 5) is 13.8. The third-order valence-corrected chi connectivity index (χ3v) is 3.32. The first-order chi connectivity index (χ1) is 11.3. The highest BCUT2D eigenvalue weighted by Gasteiger charge is 2.32. The van der Waals surface area contributed by atoms with Crippen molar-refractivity contribution in [3.05, 3.63) is 23.8 Å². The molecule has 1 aliphatic heterocycles. The molecule has 0 spiro atoms. The third kappa shape index (κ3) is 5.03. The molecule has 1 fully saturated rings. The van der Waals surface area contributed by atoms with Gasteiger partial charge in [-0.15, -0.1) is 13.2 Å². The molecule has 1 unspecified atom stereocenters. The number of ether oxygens (including phenoxy) is 2. The fraction of sp³-hybridized carbons (Fsp3) is 0.467. The third-order valence-electron chi connectivity index (χ3n) is 3.32. The van der Waals surface area contributed by atoms with Crippen molar-refractivity contribution in [1.29, 1.82) is 5.26 Å². The van der Waals surface area contributed by atoms with Crippen LogP contribution in [0.2, 0.25) is 0 Å². The van der Waals surface area contributed by atoms with E-state index in [4.69, 9.17) is 10.00 Å². The van der Waals surface area contributed by atoms with Gasteiger partial charge in [0.25, 0.3) is 0 Å². The lowest BCUT2D eigenvalue weighted by Gasteiger charge is -2.22. The molecular formula is C15H16F3N3O3. The molecule has 0 aliphatic carbocycles. The van der Waals surface area contributed by atoms with E-state index in [1.807, 2.05) is 6.92 Å². The van der Waals surface area contributed by atoms with Crippen molar-refractivity contribution in [1.82, 2.24) is 4.90 Å². The normalized spacial score (nSPS) is 18.5. The summed E-state index contributed by atoms with van der Waals surface area (Å²) in [7, 11) is 0. The van der Waals surface area contributed by atoms with E-state index in [1.165, 1.54) is 6.07 Å². The number of urea groups is 1. The number of nitrogens with one attached hydrogen (secondary N) is 1. The summed E-state index contributed by atoms with van der Waals surface area (Å²) in [5.74, 6) is -0.611. The summed E-state index contributed by atoms with van der Waals surface area (Å²) < 4.78 is 46.0. The molecule has 1 N–H and O–H groups in total. The van der Waals surface area contributed by atoms with Crippen molar-refractivity contribution >= 4 is 11.7 Å². The Hall–Kier alpha value is -2.47. The van der Waals surface area contributed by atoms with Crippen molar-refractivity contribution in [3.8, 4) is 11.8 Å². The van der Waals surface area contributed by atoms with Crippen LogP contribution >= 0.6 is 0 Å². The second-order valence-corrected chi connectivity index (χ2v) is 5.28. The van der Waals surface area contributed by atoms with E-state index >= 15 is 0 Å². The number of carbonyl (C=O) groups is 1. The quantitative estimate of drug-likeness (QED) is 0.895. The van der Waals surface area contributed by atoms with Crippen LogP contribution < -0.4 is 10.1 Å². The standard InChI is InChI=1S/C15H16F3N3O3/c1-10-9-21(5-2-6-23-10)14(22)20-12-3-4-13(11(7-12)8-19)24-15(16,17)18/h3-4,7,10H,2,5-6,9H2,1H3,(H,20,22). The summed E-state index contributed by atoms with van der Waals surface area (Å²) in [5.41, 5.74) is -0.110. The molecule has 9 heteroatoms. The van der Waals surface area contributed by atoms with Crippen molar-refractivity contribution in [2.45, 2.75) is 25.8 Å². The first kappa shape index (κ1) is 17.9. The van der Waals surface area contributed by atoms with Gasteiger partial charge in [-0.1, -0.05) is 0 Å². The Labute approximate surface area is 136 Å². The molecular weight excluding hydrogens is 327 g/mol. The van der Waals surface area contributed by atoms with Gasteiger partial charge in [-0.2, -0.15) is 5.26 Å². The van der Waals surface area contributed by atoms with Crippen molar-refractivity contribution < 1.29 is 27.4 Å². The second-order valence-electron chi connectivity index (χ2n) is 5.28. The van der Waals surface area contributed by atoms with Gasteiger partial charge in [0.05, 0.1) is 11.7 Å². The molecule has 0 radical (unpaired) electrons. The Bertz CT molecular complexity index is 643. The molecule has 1 aromatic rings. The average Bonchev–Trinajstić information content (AvgIpc) is 2.72. The predicted molar refractivity (Wildman–Crippen MR) is 78.5 cm³/mol. The van der Waals surface area contributed by atoms with Gasteiger partial charge in [0, 0.05) is 25.4 Å². The van der Waals surface area contributed by atoms with E-state index < -0.39 is 18.1 Å². The van der Waals surface area contributed by atoms with E-state index in [0.717, 1.165) is 12.1 Å². The molecule has 2 amide bonds. The minimum Gasteiger partial charge on any atom is -0.404 e. The molecule has 1 aromatic carbocycles. The van der Waals surface area contributed by atoms with Crippen molar-refractivity contribution in [3.63, 3.8) is 0 Å². The molecule has 1 atom stereocenters. The topological polar surface area (TPSA) is 74.6 Å². The van der Waals surface area contributed by atoms with Gasteiger partial charge in [-0.25, -0.2) is 4.79 Å². The van der Waals surface area contributed by atoms with Crippen LogP contribution in [0, 0.1) is 11.3 Å². The smallest absolute Gasteiger partial charge is 0.404 e. The maximum atomic E-state index is 12.3. The number of nitrogens with zero attached hydrogens (tertiary/aromatic N) is 2. The van der Waals surface area contributed by atoms with Gasteiger partial charge in [0.1, 0.15) is 11.8 Å². The van der Waals surface area contributed by atoms with E-state index in [0.29, 0.717) is 26.1 Å². The SMILES string of the molecule is CC1CN(C(=O)Nc2ccc(OC(F)(F)F)c(C#N)c2)CCCO1. The van der Waals surface area contributed by atoms with Crippen molar-refractivity contribution in [2.24, 2.45) is 0 Å². The number of carbonyl (C=O) groups excluding carboxylic acids is 1. The van der Waals surface area contributed by atoms with Crippen LogP contribution in [0.5, 0.6) is 5.75 Å². The van der Waals surface area contributed by atoms with Crippen LogP contribution in [0.15, 0.2) is 18.2 Å². The number of alkyl halides is 3. The largest absolute Gasteiger partial charge is 0.573 e. The Balaban J connectivity index is 2.09. The molecule has 0 saturated carbocycles. The minimum atomic E-state index is -4.89. The molecule has 1 aliphatic rings. The monoisotopic (exact) mass is 343 g/mol. The van der Waals surface area contributed by atoms with Gasteiger partial charge in [0.2, 0.25) is 0 Å². The molecule has 24 heavy (non-hydrogen) atoms. The summed E-state index contributed by atoms with van der Waals surface area (Å²) >= 11 is 0. The van der Waals surface area contributed by atoms with Crippen LogP contribution in [-0.2, 0) is 4.74 Å². The van der Waals surface area contributed by atoms with Crippen LogP contribution in [0.3, 0.4) is 0 Å². The number of anilines is 1. The lowest BCUT2D eigenvalue weighted by molar-refractivity contribution is -0.274. The number of halogens is 3. The number of rotatable bonds is 2. The zero-order valence-electron chi connectivity index (χ0n) is 12.9. The summed E-state index contributed by atoms with van der Waals surface area (Å²) in [6.07, 6.45) is -4.30. The van der Waals surface area contributed by atoms with Crippen LogP contribution in [0.4, 0.5) is 23.7 Å². The highest BCUT2D eigenvalue weighted by atomic mass is 19.4.